The van der Waals surface area contributed by atoms with Crippen molar-refractivity contribution in [3.63, 3.8) is 0 Å². The van der Waals surface area contributed by atoms with Crippen LogP contribution < -0.4 is 4.72 Å². The van der Waals surface area contributed by atoms with Crippen molar-refractivity contribution in [2.24, 2.45) is 0 Å². The van der Waals surface area contributed by atoms with Gasteiger partial charge in [-0.25, -0.2) is 13.1 Å². The summed E-state index contributed by atoms with van der Waals surface area (Å²) in [6, 6.07) is 11.2. The minimum Gasteiger partial charge on any atom is -0.467 e. The van der Waals surface area contributed by atoms with Gasteiger partial charge in [-0.3, -0.25) is 0 Å². The predicted molar refractivity (Wildman–Crippen MR) is 74.6 cm³/mol. The molecule has 2 aromatic rings. The summed E-state index contributed by atoms with van der Waals surface area (Å²) in [5.74, 6) is 0.294. The third kappa shape index (κ3) is 3.92. The highest BCUT2D eigenvalue weighted by Gasteiger charge is 2.17. The van der Waals surface area contributed by atoms with Crippen LogP contribution in [0.15, 0.2) is 52.0 Å². The Labute approximate surface area is 122 Å². The molecule has 7 heteroatoms. The molecule has 0 aliphatic carbocycles. The van der Waals surface area contributed by atoms with E-state index in [0.717, 1.165) is 5.56 Å². The minimum atomic E-state index is -3.71. The van der Waals surface area contributed by atoms with Crippen LogP contribution in [-0.4, -0.2) is 20.1 Å². The first-order valence-electron chi connectivity index (χ1n) is 6.20. The molecule has 1 heterocycles. The molecule has 0 saturated carbocycles. The smallest absolute Gasteiger partial charge is 0.240 e. The molecule has 1 aromatic carbocycles. The van der Waals surface area contributed by atoms with E-state index in [0.29, 0.717) is 5.76 Å². The summed E-state index contributed by atoms with van der Waals surface area (Å²) in [7, 11) is -3.71. The van der Waals surface area contributed by atoms with Gasteiger partial charge >= 0.3 is 0 Å². The van der Waals surface area contributed by atoms with Crippen molar-refractivity contribution in [2.45, 2.75) is 17.4 Å². The van der Waals surface area contributed by atoms with Gasteiger partial charge in [0.1, 0.15) is 11.9 Å². The summed E-state index contributed by atoms with van der Waals surface area (Å²) in [5, 5.41) is 18.3. The maximum absolute atomic E-state index is 12.1. The molecule has 0 spiro atoms. The van der Waals surface area contributed by atoms with E-state index in [1.165, 1.54) is 18.4 Å². The number of nitrogens with one attached hydrogen (secondary N) is 1. The molecule has 110 valence electrons. The number of aliphatic hydroxyl groups is 1. The molecule has 1 aromatic heterocycles. The summed E-state index contributed by atoms with van der Waals surface area (Å²) < 4.78 is 31.4. The summed E-state index contributed by atoms with van der Waals surface area (Å²) in [6.07, 6.45) is 0.582. The second kappa shape index (κ2) is 6.54. The van der Waals surface area contributed by atoms with Crippen molar-refractivity contribution >= 4 is 10.0 Å². The molecule has 1 atom stereocenters. The molecule has 0 amide bonds. The Morgan fingerprint density at radius 3 is 2.57 bits per heavy atom. The molecular weight excluding hydrogens is 292 g/mol. The first-order valence-corrected chi connectivity index (χ1v) is 7.68. The lowest BCUT2D eigenvalue weighted by molar-refractivity contribution is 0.154. The minimum absolute atomic E-state index is 0.0795. The second-order valence-electron chi connectivity index (χ2n) is 4.36. The van der Waals surface area contributed by atoms with Gasteiger partial charge in [-0.2, -0.15) is 5.26 Å². The molecule has 21 heavy (non-hydrogen) atoms. The maximum atomic E-state index is 12.1. The second-order valence-corrected chi connectivity index (χ2v) is 6.13. The van der Waals surface area contributed by atoms with Gasteiger partial charge < -0.3 is 9.52 Å². The lowest BCUT2D eigenvalue weighted by atomic mass is 10.2. The van der Waals surface area contributed by atoms with Gasteiger partial charge in [0, 0.05) is 6.54 Å². The Balaban J connectivity index is 2.03. The Bertz CT molecular complexity index is 715. The molecule has 6 nitrogen and oxygen atoms in total. The van der Waals surface area contributed by atoms with E-state index in [1.54, 1.807) is 24.3 Å². The standard InChI is InChI=1S/C14H14N2O4S/c15-8-7-11-3-5-12(6-4-11)21(18,19)16-10-13(17)14-2-1-9-20-14/h1-6,9,13,16-17H,7,10H2. The van der Waals surface area contributed by atoms with Gasteiger partial charge in [0.2, 0.25) is 10.0 Å². The highest BCUT2D eigenvalue weighted by atomic mass is 32.2. The number of benzene rings is 1. The third-order valence-electron chi connectivity index (χ3n) is 2.86. The van der Waals surface area contributed by atoms with Gasteiger partial charge in [0.05, 0.1) is 23.6 Å². The number of rotatable bonds is 6. The molecule has 0 saturated heterocycles. The molecule has 2 N–H and O–H groups in total. The largest absolute Gasteiger partial charge is 0.467 e. The molecule has 0 bridgehead atoms. The fourth-order valence-corrected chi connectivity index (χ4v) is 2.77. The highest BCUT2D eigenvalue weighted by Crippen LogP contribution is 2.14. The molecule has 2 rings (SSSR count). The van der Waals surface area contributed by atoms with E-state index in [-0.39, 0.29) is 17.9 Å². The van der Waals surface area contributed by atoms with Gasteiger partial charge in [0.15, 0.2) is 0 Å². The van der Waals surface area contributed by atoms with Crippen molar-refractivity contribution in [1.82, 2.24) is 4.72 Å². The van der Waals surface area contributed by atoms with Crippen LogP contribution in [0.5, 0.6) is 0 Å². The summed E-state index contributed by atoms with van der Waals surface area (Å²) in [6.45, 7) is -0.185. The number of hydrogen-bond donors (Lipinski definition) is 2. The summed E-state index contributed by atoms with van der Waals surface area (Å²) in [4.78, 5) is 0.0795. The van der Waals surface area contributed by atoms with Crippen LogP contribution in [0.4, 0.5) is 0 Å². The average molecular weight is 306 g/mol. The van der Waals surface area contributed by atoms with E-state index in [2.05, 4.69) is 4.72 Å². The molecule has 0 radical (unpaired) electrons. The maximum Gasteiger partial charge on any atom is 0.240 e. The van der Waals surface area contributed by atoms with E-state index in [9.17, 15) is 13.5 Å². The molecule has 0 aliphatic heterocycles. The predicted octanol–water partition coefficient (Wildman–Crippen LogP) is 1.36. The molecule has 1 unspecified atom stereocenters. The summed E-state index contributed by atoms with van der Waals surface area (Å²) >= 11 is 0. The monoisotopic (exact) mass is 306 g/mol. The topological polar surface area (TPSA) is 103 Å². The van der Waals surface area contributed by atoms with Gasteiger partial charge in [-0.1, -0.05) is 12.1 Å². The van der Waals surface area contributed by atoms with E-state index in [4.69, 9.17) is 9.68 Å². The Morgan fingerprint density at radius 1 is 1.29 bits per heavy atom. The first-order chi connectivity index (χ1) is 10.0. The zero-order valence-electron chi connectivity index (χ0n) is 11.1. The zero-order valence-corrected chi connectivity index (χ0v) is 11.9. The van der Waals surface area contributed by atoms with Crippen LogP contribution in [0.25, 0.3) is 0 Å². The average Bonchev–Trinajstić information content (AvgIpc) is 3.00. The van der Waals surface area contributed by atoms with Gasteiger partial charge in [-0.15, -0.1) is 0 Å². The highest BCUT2D eigenvalue weighted by molar-refractivity contribution is 7.89. The van der Waals surface area contributed by atoms with Crippen molar-refractivity contribution in [1.29, 1.82) is 5.26 Å². The summed E-state index contributed by atoms with van der Waals surface area (Å²) in [5.41, 5.74) is 0.743. The van der Waals surface area contributed by atoms with Gasteiger partial charge in [-0.05, 0) is 29.8 Å². The first kappa shape index (κ1) is 15.3. The van der Waals surface area contributed by atoms with E-state index in [1.807, 2.05) is 6.07 Å². The number of nitriles is 1. The molecule has 0 aliphatic rings. The fourth-order valence-electron chi connectivity index (χ4n) is 1.73. The van der Waals surface area contributed by atoms with Crippen LogP contribution in [-0.2, 0) is 16.4 Å². The van der Waals surface area contributed by atoms with E-state index < -0.39 is 16.1 Å². The molecule has 0 fully saturated rings. The normalized spacial score (nSPS) is 12.8. The van der Waals surface area contributed by atoms with Crippen molar-refractivity contribution in [3.05, 3.63) is 54.0 Å². The van der Waals surface area contributed by atoms with Crippen molar-refractivity contribution < 1.29 is 17.9 Å². The number of furan rings is 1. The van der Waals surface area contributed by atoms with Crippen molar-refractivity contribution in [3.8, 4) is 6.07 Å². The molecular formula is C14H14N2O4S. The van der Waals surface area contributed by atoms with Gasteiger partial charge in [0.25, 0.3) is 0 Å². The number of sulfonamides is 1. The number of aliphatic hydroxyl groups excluding tert-OH is 1. The zero-order chi connectivity index (χ0) is 15.3. The van der Waals surface area contributed by atoms with Crippen LogP contribution >= 0.6 is 0 Å². The Morgan fingerprint density at radius 2 is 2.00 bits per heavy atom. The number of nitrogens with zero attached hydrogens (tertiary/aromatic N) is 1. The van der Waals surface area contributed by atoms with Crippen LogP contribution in [0.1, 0.15) is 17.4 Å². The van der Waals surface area contributed by atoms with Crippen LogP contribution in [0.3, 0.4) is 0 Å². The lowest BCUT2D eigenvalue weighted by Gasteiger charge is -2.10. The SMILES string of the molecule is N#CCc1ccc(S(=O)(=O)NCC(O)c2ccco2)cc1. The fraction of sp³-hybridized carbons (Fsp3) is 0.214. The third-order valence-corrected chi connectivity index (χ3v) is 4.29. The lowest BCUT2D eigenvalue weighted by Crippen LogP contribution is -2.28. The quantitative estimate of drug-likeness (QED) is 0.838. The Kier molecular flexibility index (Phi) is 4.75. The number of hydrogen-bond acceptors (Lipinski definition) is 5. The van der Waals surface area contributed by atoms with Crippen LogP contribution in [0.2, 0.25) is 0 Å². The van der Waals surface area contributed by atoms with Crippen molar-refractivity contribution in [2.75, 3.05) is 6.54 Å². The van der Waals surface area contributed by atoms with E-state index >= 15 is 0 Å². The van der Waals surface area contributed by atoms with Crippen LogP contribution in [0, 0.1) is 11.3 Å². The Hall–Kier alpha value is -2.14.